The molecule has 0 saturated carbocycles. The Labute approximate surface area is 105 Å². The Bertz CT molecular complexity index is 515. The zero-order valence-corrected chi connectivity index (χ0v) is 10.7. The molecule has 0 spiro atoms. The predicted octanol–water partition coefficient (Wildman–Crippen LogP) is 1.19. The first-order valence-corrected chi connectivity index (χ1v) is 6.70. The fourth-order valence-corrected chi connectivity index (χ4v) is 2.58. The number of carboxylic acid groups (broad SMARTS) is 1. The van der Waals surface area contributed by atoms with Crippen molar-refractivity contribution in [3.05, 3.63) is 34.9 Å². The van der Waals surface area contributed by atoms with Crippen molar-refractivity contribution < 1.29 is 18.3 Å². The molecule has 0 saturated heterocycles. The lowest BCUT2D eigenvalue weighted by Crippen LogP contribution is -2.32. The van der Waals surface area contributed by atoms with Gasteiger partial charge in [0, 0.05) is 12.1 Å². The molecule has 0 fully saturated rings. The maximum Gasteiger partial charge on any atom is 0.318 e. The average Bonchev–Trinajstić information content (AvgIpc) is 2.15. The summed E-state index contributed by atoms with van der Waals surface area (Å²) in [4.78, 5) is 10.4. The number of carbonyl (C=O) groups is 1. The first-order valence-electron chi connectivity index (χ1n) is 4.71. The molecule has 0 aliphatic carbocycles. The number of carboxylic acids is 1. The third-order valence-corrected chi connectivity index (χ3v) is 4.08. The number of sulfonamides is 1. The highest BCUT2D eigenvalue weighted by Gasteiger charge is 2.20. The van der Waals surface area contributed by atoms with E-state index >= 15 is 0 Å². The van der Waals surface area contributed by atoms with Crippen LogP contribution in [0.4, 0.5) is 0 Å². The van der Waals surface area contributed by atoms with E-state index in [0.29, 0.717) is 10.6 Å². The highest BCUT2D eigenvalue weighted by atomic mass is 35.5. The number of hydrogen-bond donors (Lipinski definition) is 1. The van der Waals surface area contributed by atoms with E-state index in [4.69, 9.17) is 16.7 Å². The van der Waals surface area contributed by atoms with Crippen LogP contribution in [0.1, 0.15) is 5.56 Å². The molecule has 1 N–H and O–H groups in total. The van der Waals surface area contributed by atoms with Crippen molar-refractivity contribution in [2.24, 2.45) is 0 Å². The Morgan fingerprint density at radius 1 is 1.47 bits per heavy atom. The van der Waals surface area contributed by atoms with E-state index in [-0.39, 0.29) is 5.75 Å². The van der Waals surface area contributed by atoms with Crippen LogP contribution in [0, 0.1) is 0 Å². The Kier molecular flexibility index (Phi) is 4.50. The first kappa shape index (κ1) is 14.0. The molecule has 1 rings (SSSR count). The zero-order chi connectivity index (χ0) is 13.1. The molecule has 0 aromatic heterocycles. The van der Waals surface area contributed by atoms with E-state index in [1.807, 2.05) is 0 Å². The van der Waals surface area contributed by atoms with E-state index in [1.165, 1.54) is 13.1 Å². The van der Waals surface area contributed by atoms with Gasteiger partial charge in [0.1, 0.15) is 6.54 Å². The van der Waals surface area contributed by atoms with Crippen LogP contribution in [0.5, 0.6) is 0 Å². The van der Waals surface area contributed by atoms with Crippen molar-refractivity contribution in [1.29, 1.82) is 0 Å². The monoisotopic (exact) mass is 277 g/mol. The van der Waals surface area contributed by atoms with Gasteiger partial charge in [0.2, 0.25) is 10.0 Å². The topological polar surface area (TPSA) is 74.7 Å². The van der Waals surface area contributed by atoms with Crippen molar-refractivity contribution in [3.8, 4) is 0 Å². The second-order valence-corrected chi connectivity index (χ2v) is 6.05. The first-order chi connectivity index (χ1) is 7.81. The SMILES string of the molecule is CN(CC(=O)O)S(=O)(=O)Cc1cccc(Cl)c1. The van der Waals surface area contributed by atoms with Gasteiger partial charge in [-0.05, 0) is 17.7 Å². The highest BCUT2D eigenvalue weighted by Crippen LogP contribution is 2.14. The lowest BCUT2D eigenvalue weighted by atomic mass is 10.2. The van der Waals surface area contributed by atoms with Gasteiger partial charge in [0.25, 0.3) is 0 Å². The molecule has 0 atom stereocenters. The van der Waals surface area contributed by atoms with Gasteiger partial charge in [-0.3, -0.25) is 4.79 Å². The predicted molar refractivity (Wildman–Crippen MR) is 64.3 cm³/mol. The summed E-state index contributed by atoms with van der Waals surface area (Å²) in [5.41, 5.74) is 0.523. The van der Waals surface area contributed by atoms with Crippen molar-refractivity contribution in [2.45, 2.75) is 5.75 Å². The fraction of sp³-hybridized carbons (Fsp3) is 0.300. The maximum atomic E-state index is 11.8. The smallest absolute Gasteiger partial charge is 0.318 e. The minimum Gasteiger partial charge on any atom is -0.480 e. The summed E-state index contributed by atoms with van der Waals surface area (Å²) in [7, 11) is -2.40. The molecule has 0 heterocycles. The second kappa shape index (κ2) is 5.48. The second-order valence-electron chi connectivity index (χ2n) is 3.54. The summed E-state index contributed by atoms with van der Waals surface area (Å²) in [6.45, 7) is -0.553. The fourth-order valence-electron chi connectivity index (χ4n) is 1.24. The maximum absolute atomic E-state index is 11.8. The van der Waals surface area contributed by atoms with Gasteiger partial charge in [-0.15, -0.1) is 0 Å². The molecular formula is C10H12ClNO4S. The molecule has 0 amide bonds. The van der Waals surface area contributed by atoms with Crippen LogP contribution in [0.25, 0.3) is 0 Å². The van der Waals surface area contributed by atoms with Crippen LogP contribution >= 0.6 is 11.6 Å². The Balaban J connectivity index is 2.83. The summed E-state index contributed by atoms with van der Waals surface area (Å²) < 4.78 is 24.3. The number of aliphatic carboxylic acids is 1. The molecule has 7 heteroatoms. The van der Waals surface area contributed by atoms with Crippen molar-refractivity contribution >= 4 is 27.6 Å². The number of hydrogen-bond acceptors (Lipinski definition) is 3. The van der Waals surface area contributed by atoms with Crippen molar-refractivity contribution in [2.75, 3.05) is 13.6 Å². The molecule has 0 bridgehead atoms. The van der Waals surface area contributed by atoms with Gasteiger partial charge in [0.05, 0.1) is 5.75 Å². The van der Waals surface area contributed by atoms with Crippen LogP contribution in [-0.2, 0) is 20.6 Å². The van der Waals surface area contributed by atoms with Crippen LogP contribution < -0.4 is 0 Å². The largest absolute Gasteiger partial charge is 0.480 e. The van der Waals surface area contributed by atoms with Crippen molar-refractivity contribution in [1.82, 2.24) is 4.31 Å². The number of rotatable bonds is 5. The van der Waals surface area contributed by atoms with Gasteiger partial charge in [-0.2, -0.15) is 4.31 Å². The zero-order valence-electron chi connectivity index (χ0n) is 9.13. The summed E-state index contributed by atoms with van der Waals surface area (Å²) in [5.74, 6) is -1.46. The molecular weight excluding hydrogens is 266 g/mol. The van der Waals surface area contributed by atoms with Crippen molar-refractivity contribution in [3.63, 3.8) is 0 Å². The summed E-state index contributed by atoms with van der Waals surface area (Å²) >= 11 is 5.74. The minimum absolute atomic E-state index is 0.267. The van der Waals surface area contributed by atoms with Gasteiger partial charge < -0.3 is 5.11 Å². The van der Waals surface area contributed by atoms with E-state index in [2.05, 4.69) is 0 Å². The lowest BCUT2D eigenvalue weighted by Gasteiger charge is -2.14. The lowest BCUT2D eigenvalue weighted by molar-refractivity contribution is -0.137. The van der Waals surface area contributed by atoms with Crippen LogP contribution in [0.3, 0.4) is 0 Å². The van der Waals surface area contributed by atoms with E-state index in [0.717, 1.165) is 4.31 Å². The van der Waals surface area contributed by atoms with Gasteiger partial charge in [0.15, 0.2) is 0 Å². The number of nitrogens with zero attached hydrogens (tertiary/aromatic N) is 1. The molecule has 0 aliphatic rings. The van der Waals surface area contributed by atoms with E-state index < -0.39 is 22.5 Å². The molecule has 0 radical (unpaired) electrons. The minimum atomic E-state index is -3.63. The van der Waals surface area contributed by atoms with Crippen LogP contribution in [0.15, 0.2) is 24.3 Å². The average molecular weight is 278 g/mol. The molecule has 0 aliphatic heterocycles. The third-order valence-electron chi connectivity index (χ3n) is 2.07. The van der Waals surface area contributed by atoms with Gasteiger partial charge >= 0.3 is 5.97 Å². The molecule has 5 nitrogen and oxygen atoms in total. The van der Waals surface area contributed by atoms with Gasteiger partial charge in [-0.25, -0.2) is 8.42 Å². The Morgan fingerprint density at radius 2 is 2.12 bits per heavy atom. The Hall–Kier alpha value is -1.11. The van der Waals surface area contributed by atoms with E-state index in [1.54, 1.807) is 18.2 Å². The van der Waals surface area contributed by atoms with Crippen LogP contribution in [-0.4, -0.2) is 37.4 Å². The standard InChI is InChI=1S/C10H12ClNO4S/c1-12(6-10(13)14)17(15,16)7-8-3-2-4-9(11)5-8/h2-5H,6-7H2,1H3,(H,13,14). The summed E-state index contributed by atoms with van der Waals surface area (Å²) in [6.07, 6.45) is 0. The number of benzene rings is 1. The number of likely N-dealkylation sites (N-methyl/N-ethyl adjacent to an activating group) is 1. The van der Waals surface area contributed by atoms with Crippen LogP contribution in [0.2, 0.25) is 5.02 Å². The molecule has 0 unspecified atom stereocenters. The highest BCUT2D eigenvalue weighted by molar-refractivity contribution is 7.88. The molecule has 1 aromatic carbocycles. The number of halogens is 1. The molecule has 94 valence electrons. The molecule has 17 heavy (non-hydrogen) atoms. The summed E-state index contributed by atoms with van der Waals surface area (Å²) in [5, 5.41) is 8.97. The van der Waals surface area contributed by atoms with Gasteiger partial charge in [-0.1, -0.05) is 23.7 Å². The van der Waals surface area contributed by atoms with E-state index in [9.17, 15) is 13.2 Å². The molecule has 1 aromatic rings. The Morgan fingerprint density at radius 3 is 2.65 bits per heavy atom. The third kappa shape index (κ3) is 4.33. The summed E-state index contributed by atoms with van der Waals surface area (Å²) in [6, 6.07) is 6.44. The quantitative estimate of drug-likeness (QED) is 0.877. The normalized spacial score (nSPS) is 11.7.